The van der Waals surface area contributed by atoms with Crippen LogP contribution < -0.4 is 10.5 Å². The normalized spacial score (nSPS) is 14.5. The van der Waals surface area contributed by atoms with Gasteiger partial charge in [-0.2, -0.15) is 0 Å². The number of carbonyl (C=O) groups is 1. The van der Waals surface area contributed by atoms with Crippen molar-refractivity contribution in [1.82, 2.24) is 9.55 Å². The number of amides is 1. The van der Waals surface area contributed by atoms with Gasteiger partial charge in [-0.25, -0.2) is 4.98 Å². The molecule has 0 spiro atoms. The third-order valence-corrected chi connectivity index (χ3v) is 6.13. The number of para-hydroxylation sites is 2. The Hall–Kier alpha value is -2.60. The molecule has 0 N–H and O–H groups in total. The molecule has 1 amide bonds. The third kappa shape index (κ3) is 3.22. The van der Waals surface area contributed by atoms with E-state index in [1.165, 1.54) is 17.3 Å². The molecule has 2 aromatic carbocycles. The summed E-state index contributed by atoms with van der Waals surface area (Å²) in [6.45, 7) is 6.52. The van der Waals surface area contributed by atoms with Crippen molar-refractivity contribution in [2.24, 2.45) is 0 Å². The van der Waals surface area contributed by atoms with Crippen LogP contribution >= 0.6 is 11.8 Å². The van der Waals surface area contributed by atoms with Gasteiger partial charge in [0, 0.05) is 18.3 Å². The van der Waals surface area contributed by atoms with Crippen LogP contribution in [0.1, 0.15) is 32.4 Å². The number of aromatic nitrogens is 2. The highest BCUT2D eigenvalue weighted by Gasteiger charge is 2.29. The molecule has 1 aliphatic rings. The first-order valence-corrected chi connectivity index (χ1v) is 10.4. The van der Waals surface area contributed by atoms with E-state index < -0.39 is 0 Å². The van der Waals surface area contributed by atoms with E-state index in [1.54, 1.807) is 10.6 Å². The van der Waals surface area contributed by atoms with Crippen LogP contribution in [-0.2, 0) is 11.2 Å². The van der Waals surface area contributed by atoms with Crippen LogP contribution in [0.15, 0.2) is 58.5 Å². The zero-order valence-electron chi connectivity index (χ0n) is 16.3. The number of nitrogens with zero attached hydrogens (tertiary/aromatic N) is 3. The molecule has 5 nitrogen and oxygen atoms in total. The predicted octanol–water partition coefficient (Wildman–Crippen LogP) is 4.05. The Morgan fingerprint density at radius 3 is 2.57 bits per heavy atom. The monoisotopic (exact) mass is 393 g/mol. The van der Waals surface area contributed by atoms with E-state index in [2.05, 4.69) is 6.07 Å². The average Bonchev–Trinajstić information content (AvgIpc) is 3.11. The molecule has 1 aliphatic heterocycles. The smallest absolute Gasteiger partial charge is 0.262 e. The van der Waals surface area contributed by atoms with Gasteiger partial charge in [0.25, 0.3) is 5.56 Å². The van der Waals surface area contributed by atoms with Gasteiger partial charge >= 0.3 is 0 Å². The van der Waals surface area contributed by atoms with E-state index in [9.17, 15) is 9.59 Å². The maximum atomic E-state index is 13.1. The molecule has 3 aromatic rings. The molecule has 0 saturated carbocycles. The zero-order chi connectivity index (χ0) is 19.8. The van der Waals surface area contributed by atoms with Gasteiger partial charge in [0.15, 0.2) is 5.16 Å². The molecule has 1 atom stereocenters. The SMILES string of the molecule is CC(C)n1c(S[C@H](C)C(=O)N2CCc3ccccc32)nc2ccccc2c1=O. The summed E-state index contributed by atoms with van der Waals surface area (Å²) in [5.74, 6) is 0.0488. The number of carbonyl (C=O) groups excluding carboxylic acids is 1. The van der Waals surface area contributed by atoms with E-state index in [0.717, 1.165) is 12.1 Å². The van der Waals surface area contributed by atoms with Crippen LogP contribution in [0.25, 0.3) is 10.9 Å². The number of hydrogen-bond donors (Lipinski definition) is 0. The van der Waals surface area contributed by atoms with E-state index in [0.29, 0.717) is 22.6 Å². The molecule has 1 aromatic heterocycles. The van der Waals surface area contributed by atoms with Crippen molar-refractivity contribution in [3.05, 3.63) is 64.4 Å². The second-order valence-electron chi connectivity index (χ2n) is 7.31. The van der Waals surface area contributed by atoms with Crippen LogP contribution in [0.4, 0.5) is 5.69 Å². The summed E-state index contributed by atoms with van der Waals surface area (Å²) >= 11 is 1.36. The standard InChI is InChI=1S/C22H23N3O2S/c1-14(2)25-21(27)17-9-5-6-10-18(17)23-22(25)28-15(3)20(26)24-13-12-16-8-4-7-11-19(16)24/h4-11,14-15H,12-13H2,1-3H3/t15-/m1/s1. The lowest BCUT2D eigenvalue weighted by atomic mass is 10.2. The molecule has 2 heterocycles. The average molecular weight is 394 g/mol. The maximum Gasteiger partial charge on any atom is 0.262 e. The first kappa shape index (κ1) is 18.7. The fraction of sp³-hybridized carbons (Fsp3) is 0.318. The van der Waals surface area contributed by atoms with Crippen molar-refractivity contribution in [1.29, 1.82) is 0 Å². The molecule has 0 radical (unpaired) electrons. The predicted molar refractivity (Wildman–Crippen MR) is 114 cm³/mol. The minimum absolute atomic E-state index is 0.0399. The Bertz CT molecular complexity index is 1110. The summed E-state index contributed by atoms with van der Waals surface area (Å²) in [4.78, 5) is 32.7. The lowest BCUT2D eigenvalue weighted by Crippen LogP contribution is -2.36. The lowest BCUT2D eigenvalue weighted by molar-refractivity contribution is -0.117. The van der Waals surface area contributed by atoms with Crippen molar-refractivity contribution in [3.63, 3.8) is 0 Å². The fourth-order valence-corrected chi connectivity index (χ4v) is 4.76. The Labute approximate surface area is 168 Å². The molecule has 144 valence electrons. The summed E-state index contributed by atoms with van der Waals surface area (Å²) in [5.41, 5.74) is 2.80. The van der Waals surface area contributed by atoms with Gasteiger partial charge in [0.05, 0.1) is 16.2 Å². The van der Waals surface area contributed by atoms with Crippen LogP contribution in [0.5, 0.6) is 0 Å². The Morgan fingerprint density at radius 1 is 1.07 bits per heavy atom. The molecule has 28 heavy (non-hydrogen) atoms. The molecule has 0 saturated heterocycles. The number of thioether (sulfide) groups is 1. The minimum Gasteiger partial charge on any atom is -0.311 e. The fourth-order valence-electron chi connectivity index (χ4n) is 3.66. The summed E-state index contributed by atoms with van der Waals surface area (Å²) in [6, 6.07) is 15.4. The number of rotatable bonds is 4. The van der Waals surface area contributed by atoms with Crippen LogP contribution in [0.3, 0.4) is 0 Å². The number of benzene rings is 2. The van der Waals surface area contributed by atoms with E-state index in [-0.39, 0.29) is 22.8 Å². The van der Waals surface area contributed by atoms with E-state index in [1.807, 2.05) is 62.1 Å². The number of anilines is 1. The molecular formula is C22H23N3O2S. The zero-order valence-corrected chi connectivity index (χ0v) is 17.1. The quantitative estimate of drug-likeness (QED) is 0.496. The summed E-state index contributed by atoms with van der Waals surface area (Å²) in [7, 11) is 0. The second-order valence-corrected chi connectivity index (χ2v) is 8.62. The Morgan fingerprint density at radius 2 is 1.79 bits per heavy atom. The van der Waals surface area contributed by atoms with Crippen molar-refractivity contribution >= 4 is 34.3 Å². The molecule has 4 rings (SSSR count). The van der Waals surface area contributed by atoms with E-state index in [4.69, 9.17) is 4.98 Å². The Kier molecular flexibility index (Phi) is 4.98. The van der Waals surface area contributed by atoms with Gasteiger partial charge in [-0.1, -0.05) is 42.1 Å². The van der Waals surface area contributed by atoms with Gasteiger partial charge in [0.2, 0.25) is 5.91 Å². The molecule has 0 aliphatic carbocycles. The highest BCUT2D eigenvalue weighted by Crippen LogP contribution is 2.31. The van der Waals surface area contributed by atoms with Gasteiger partial charge < -0.3 is 4.90 Å². The first-order chi connectivity index (χ1) is 13.5. The molecular weight excluding hydrogens is 370 g/mol. The van der Waals surface area contributed by atoms with Crippen molar-refractivity contribution in [3.8, 4) is 0 Å². The van der Waals surface area contributed by atoms with Crippen molar-refractivity contribution < 1.29 is 4.79 Å². The number of hydrogen-bond acceptors (Lipinski definition) is 4. The first-order valence-electron chi connectivity index (χ1n) is 9.54. The minimum atomic E-state index is -0.343. The van der Waals surface area contributed by atoms with E-state index >= 15 is 0 Å². The van der Waals surface area contributed by atoms with Gasteiger partial charge in [-0.15, -0.1) is 0 Å². The topological polar surface area (TPSA) is 55.2 Å². The summed E-state index contributed by atoms with van der Waals surface area (Å²) in [6.07, 6.45) is 0.879. The summed E-state index contributed by atoms with van der Waals surface area (Å²) < 4.78 is 1.69. The molecule has 0 bridgehead atoms. The third-order valence-electron chi connectivity index (χ3n) is 5.07. The second kappa shape index (κ2) is 7.43. The Balaban J connectivity index is 1.67. The number of fused-ring (bicyclic) bond motifs is 2. The molecule has 6 heteroatoms. The lowest BCUT2D eigenvalue weighted by Gasteiger charge is -2.23. The molecule has 0 fully saturated rings. The highest BCUT2D eigenvalue weighted by atomic mass is 32.2. The van der Waals surface area contributed by atoms with Crippen LogP contribution in [-0.4, -0.2) is 27.3 Å². The van der Waals surface area contributed by atoms with Gasteiger partial charge in [-0.3, -0.25) is 14.2 Å². The molecule has 0 unspecified atom stereocenters. The largest absolute Gasteiger partial charge is 0.311 e. The van der Waals surface area contributed by atoms with Gasteiger partial charge in [0.1, 0.15) is 0 Å². The highest BCUT2D eigenvalue weighted by molar-refractivity contribution is 8.00. The maximum absolute atomic E-state index is 13.1. The van der Waals surface area contributed by atoms with Crippen molar-refractivity contribution in [2.45, 2.75) is 43.6 Å². The van der Waals surface area contributed by atoms with Gasteiger partial charge in [-0.05, 0) is 51.0 Å². The summed E-state index contributed by atoms with van der Waals surface area (Å²) in [5, 5.41) is 0.851. The van der Waals surface area contributed by atoms with Crippen LogP contribution in [0.2, 0.25) is 0 Å². The van der Waals surface area contributed by atoms with Crippen molar-refractivity contribution in [2.75, 3.05) is 11.4 Å². The van der Waals surface area contributed by atoms with Crippen LogP contribution in [0, 0.1) is 0 Å².